The monoisotopic (exact) mass is 348 g/mol. The van der Waals surface area contributed by atoms with Crippen molar-refractivity contribution in [3.05, 3.63) is 65.1 Å². The first kappa shape index (κ1) is 15.4. The van der Waals surface area contributed by atoms with Gasteiger partial charge < -0.3 is 5.32 Å². The Morgan fingerprint density at radius 1 is 1.20 bits per heavy atom. The standard InChI is InChI=1S/C18H13ClN6/c1-11(18-24-23-17-4-2-3-7-25(17)18)21-16-8-12(10-20)14-9-13(19)5-6-15(14)22-16/h2-9,11H,1H3,(H,21,22). The van der Waals surface area contributed by atoms with Crippen LogP contribution in [-0.4, -0.2) is 19.6 Å². The molecule has 1 aromatic carbocycles. The van der Waals surface area contributed by atoms with Crippen LogP contribution < -0.4 is 5.32 Å². The number of pyridine rings is 2. The fourth-order valence-corrected chi connectivity index (χ4v) is 2.98. The van der Waals surface area contributed by atoms with E-state index in [2.05, 4.69) is 26.6 Å². The van der Waals surface area contributed by atoms with E-state index in [9.17, 15) is 5.26 Å². The molecule has 0 radical (unpaired) electrons. The highest BCUT2D eigenvalue weighted by Gasteiger charge is 2.15. The van der Waals surface area contributed by atoms with Crippen LogP contribution in [0.2, 0.25) is 5.02 Å². The quantitative estimate of drug-likeness (QED) is 0.606. The number of nitriles is 1. The van der Waals surface area contributed by atoms with E-state index in [4.69, 9.17) is 11.6 Å². The van der Waals surface area contributed by atoms with E-state index in [0.717, 1.165) is 16.9 Å². The fraction of sp³-hybridized carbons (Fsp3) is 0.111. The third kappa shape index (κ3) is 2.75. The Morgan fingerprint density at radius 2 is 2.08 bits per heavy atom. The van der Waals surface area contributed by atoms with Gasteiger partial charge in [-0.1, -0.05) is 17.7 Å². The highest BCUT2D eigenvalue weighted by molar-refractivity contribution is 6.31. The van der Waals surface area contributed by atoms with E-state index in [0.29, 0.717) is 21.9 Å². The maximum Gasteiger partial charge on any atom is 0.160 e. The number of anilines is 1. The van der Waals surface area contributed by atoms with Crippen molar-refractivity contribution in [1.29, 1.82) is 5.26 Å². The molecule has 1 atom stereocenters. The van der Waals surface area contributed by atoms with Crippen LogP contribution in [0.15, 0.2) is 48.7 Å². The van der Waals surface area contributed by atoms with Crippen molar-refractivity contribution in [2.24, 2.45) is 0 Å². The molecule has 0 bridgehead atoms. The highest BCUT2D eigenvalue weighted by atomic mass is 35.5. The third-order valence-corrected chi connectivity index (χ3v) is 4.22. The number of nitrogens with zero attached hydrogens (tertiary/aromatic N) is 5. The van der Waals surface area contributed by atoms with Crippen molar-refractivity contribution in [1.82, 2.24) is 19.6 Å². The molecule has 6 nitrogen and oxygen atoms in total. The van der Waals surface area contributed by atoms with Crippen LogP contribution in [0.4, 0.5) is 5.82 Å². The van der Waals surface area contributed by atoms with Gasteiger partial charge >= 0.3 is 0 Å². The van der Waals surface area contributed by atoms with Gasteiger partial charge in [-0.3, -0.25) is 4.40 Å². The second kappa shape index (κ2) is 6.04. The Morgan fingerprint density at radius 3 is 2.92 bits per heavy atom. The number of aromatic nitrogens is 4. The number of fused-ring (bicyclic) bond motifs is 2. The number of rotatable bonds is 3. The van der Waals surface area contributed by atoms with Crippen LogP contribution in [0, 0.1) is 11.3 Å². The number of hydrogen-bond donors (Lipinski definition) is 1. The van der Waals surface area contributed by atoms with Crippen LogP contribution in [0.5, 0.6) is 0 Å². The SMILES string of the molecule is CC(Nc1cc(C#N)c2cc(Cl)ccc2n1)c1nnc2ccccn12. The van der Waals surface area contributed by atoms with Gasteiger partial charge in [-0.25, -0.2) is 4.98 Å². The summed E-state index contributed by atoms with van der Waals surface area (Å²) in [7, 11) is 0. The van der Waals surface area contributed by atoms with Crippen molar-refractivity contribution < 1.29 is 0 Å². The minimum absolute atomic E-state index is 0.138. The Kier molecular flexibility index (Phi) is 3.71. The molecule has 122 valence electrons. The Balaban J connectivity index is 1.73. The lowest BCUT2D eigenvalue weighted by Crippen LogP contribution is -2.12. The topological polar surface area (TPSA) is 78.9 Å². The van der Waals surface area contributed by atoms with Crippen molar-refractivity contribution in [2.45, 2.75) is 13.0 Å². The van der Waals surface area contributed by atoms with Crippen LogP contribution in [0.3, 0.4) is 0 Å². The molecule has 25 heavy (non-hydrogen) atoms. The molecule has 0 aliphatic heterocycles. The predicted octanol–water partition coefficient (Wildman–Crippen LogP) is 3.98. The van der Waals surface area contributed by atoms with Gasteiger partial charge in [0.25, 0.3) is 0 Å². The maximum atomic E-state index is 9.44. The largest absolute Gasteiger partial charge is 0.360 e. The molecule has 0 aliphatic rings. The lowest BCUT2D eigenvalue weighted by Gasteiger charge is -2.14. The van der Waals surface area contributed by atoms with E-state index < -0.39 is 0 Å². The summed E-state index contributed by atoms with van der Waals surface area (Å²) in [4.78, 5) is 4.58. The van der Waals surface area contributed by atoms with Gasteiger partial charge in [0.15, 0.2) is 11.5 Å². The average molecular weight is 349 g/mol. The van der Waals surface area contributed by atoms with E-state index in [1.165, 1.54) is 0 Å². The summed E-state index contributed by atoms with van der Waals surface area (Å²) in [5, 5.41) is 22.5. The van der Waals surface area contributed by atoms with Gasteiger partial charge in [0.05, 0.1) is 23.2 Å². The summed E-state index contributed by atoms with van der Waals surface area (Å²) in [6.07, 6.45) is 1.92. The van der Waals surface area contributed by atoms with E-state index in [1.807, 2.05) is 35.7 Å². The summed E-state index contributed by atoms with van der Waals surface area (Å²) in [6.45, 7) is 1.98. The number of hydrogen-bond acceptors (Lipinski definition) is 5. The molecule has 0 saturated carbocycles. The Bertz CT molecular complexity index is 1130. The smallest absolute Gasteiger partial charge is 0.160 e. The maximum absolute atomic E-state index is 9.44. The minimum Gasteiger partial charge on any atom is -0.360 e. The molecule has 4 aromatic rings. The van der Waals surface area contributed by atoms with Gasteiger partial charge in [-0.05, 0) is 43.3 Å². The van der Waals surface area contributed by atoms with Crippen LogP contribution in [0.1, 0.15) is 24.4 Å². The first-order valence-electron chi connectivity index (χ1n) is 7.72. The van der Waals surface area contributed by atoms with Gasteiger partial charge in [0.1, 0.15) is 5.82 Å². The molecular formula is C18H13ClN6. The lowest BCUT2D eigenvalue weighted by atomic mass is 10.1. The third-order valence-electron chi connectivity index (χ3n) is 3.98. The minimum atomic E-state index is -0.138. The Hall–Kier alpha value is -3.17. The molecule has 1 unspecified atom stereocenters. The number of nitrogens with one attached hydrogen (secondary N) is 1. The first-order valence-corrected chi connectivity index (χ1v) is 8.10. The van der Waals surface area contributed by atoms with Crippen molar-refractivity contribution in [2.75, 3.05) is 5.32 Å². The molecule has 0 saturated heterocycles. The lowest BCUT2D eigenvalue weighted by molar-refractivity contribution is 0.769. The van der Waals surface area contributed by atoms with Crippen LogP contribution in [0.25, 0.3) is 16.6 Å². The Labute approximate surface area is 148 Å². The van der Waals surface area contributed by atoms with Crippen molar-refractivity contribution in [3.63, 3.8) is 0 Å². The molecule has 1 N–H and O–H groups in total. The molecule has 0 aliphatic carbocycles. The molecule has 0 spiro atoms. The zero-order chi connectivity index (χ0) is 17.4. The highest BCUT2D eigenvalue weighted by Crippen LogP contribution is 2.25. The second-order valence-corrected chi connectivity index (χ2v) is 6.12. The van der Waals surface area contributed by atoms with Crippen molar-refractivity contribution >= 4 is 34.0 Å². The van der Waals surface area contributed by atoms with Gasteiger partial charge in [-0.2, -0.15) is 5.26 Å². The summed E-state index contributed by atoms with van der Waals surface area (Å²) in [6, 6.07) is 14.9. The fourth-order valence-electron chi connectivity index (χ4n) is 2.81. The predicted molar refractivity (Wildman–Crippen MR) is 96.5 cm³/mol. The molecule has 0 fully saturated rings. The molecular weight excluding hydrogens is 336 g/mol. The molecule has 7 heteroatoms. The van der Waals surface area contributed by atoms with Crippen LogP contribution in [-0.2, 0) is 0 Å². The van der Waals surface area contributed by atoms with Gasteiger partial charge in [0.2, 0.25) is 0 Å². The summed E-state index contributed by atoms with van der Waals surface area (Å²) in [5.41, 5.74) is 2.02. The molecule has 3 aromatic heterocycles. The van der Waals surface area contributed by atoms with Crippen molar-refractivity contribution in [3.8, 4) is 6.07 Å². The van der Waals surface area contributed by atoms with E-state index >= 15 is 0 Å². The molecule has 0 amide bonds. The van der Waals surface area contributed by atoms with Gasteiger partial charge in [0, 0.05) is 16.6 Å². The zero-order valence-electron chi connectivity index (χ0n) is 13.3. The average Bonchev–Trinajstić information content (AvgIpc) is 3.05. The van der Waals surface area contributed by atoms with E-state index in [1.54, 1.807) is 24.3 Å². The summed E-state index contributed by atoms with van der Waals surface area (Å²) in [5.74, 6) is 1.37. The normalized spacial score (nSPS) is 12.2. The van der Waals surface area contributed by atoms with Crippen LogP contribution >= 0.6 is 11.6 Å². The number of halogens is 1. The second-order valence-electron chi connectivity index (χ2n) is 5.68. The summed E-state index contributed by atoms with van der Waals surface area (Å²) >= 11 is 6.02. The van der Waals surface area contributed by atoms with E-state index in [-0.39, 0.29) is 6.04 Å². The van der Waals surface area contributed by atoms with Gasteiger partial charge in [-0.15, -0.1) is 10.2 Å². The number of benzene rings is 1. The zero-order valence-corrected chi connectivity index (χ0v) is 14.1. The molecule has 3 heterocycles. The summed E-state index contributed by atoms with van der Waals surface area (Å²) < 4.78 is 1.92. The first-order chi connectivity index (χ1) is 12.2. The molecule has 4 rings (SSSR count).